The van der Waals surface area contributed by atoms with Crippen LogP contribution in [-0.4, -0.2) is 9.78 Å². The fourth-order valence-electron chi connectivity index (χ4n) is 2.51. The minimum Gasteiger partial charge on any atom is -0.399 e. The molecule has 0 atom stereocenters. The molecule has 2 N–H and O–H groups in total. The molecule has 0 bridgehead atoms. The van der Waals surface area contributed by atoms with Crippen LogP contribution in [-0.2, 0) is 12.7 Å². The van der Waals surface area contributed by atoms with E-state index in [9.17, 15) is 13.2 Å². The van der Waals surface area contributed by atoms with E-state index < -0.39 is 11.7 Å². The van der Waals surface area contributed by atoms with Crippen LogP contribution in [0.25, 0.3) is 11.3 Å². The van der Waals surface area contributed by atoms with Crippen LogP contribution in [0.15, 0.2) is 48.7 Å². The van der Waals surface area contributed by atoms with Crippen molar-refractivity contribution >= 4 is 28.3 Å². The first kappa shape index (κ1) is 17.8. The highest BCUT2D eigenvalue weighted by Crippen LogP contribution is 2.31. The van der Waals surface area contributed by atoms with Gasteiger partial charge in [0.05, 0.1) is 15.7 Å². The molecule has 0 spiro atoms. The van der Waals surface area contributed by atoms with Crippen molar-refractivity contribution in [2.45, 2.75) is 19.6 Å². The second-order valence-electron chi connectivity index (χ2n) is 5.79. The molecule has 3 aromatic rings. The first-order valence-corrected chi connectivity index (χ1v) is 8.57. The highest BCUT2D eigenvalue weighted by molar-refractivity contribution is 14.1. The van der Waals surface area contributed by atoms with E-state index in [1.165, 1.54) is 12.1 Å². The van der Waals surface area contributed by atoms with E-state index in [-0.39, 0.29) is 0 Å². The molecule has 0 radical (unpaired) electrons. The average molecular weight is 457 g/mol. The van der Waals surface area contributed by atoms with Crippen molar-refractivity contribution in [2.75, 3.05) is 5.73 Å². The lowest BCUT2D eigenvalue weighted by molar-refractivity contribution is -0.137. The zero-order chi connectivity index (χ0) is 18.2. The van der Waals surface area contributed by atoms with Gasteiger partial charge in [0.2, 0.25) is 0 Å². The fraction of sp³-hybridized carbons (Fsp3) is 0.167. The Balaban J connectivity index is 1.86. The summed E-state index contributed by atoms with van der Waals surface area (Å²) >= 11 is 2.14. The van der Waals surface area contributed by atoms with Crippen LogP contribution in [0, 0.1) is 10.5 Å². The van der Waals surface area contributed by atoms with E-state index in [1.54, 1.807) is 4.68 Å². The van der Waals surface area contributed by atoms with Gasteiger partial charge in [0.25, 0.3) is 0 Å². The number of aryl methyl sites for hydroxylation is 1. The lowest BCUT2D eigenvalue weighted by atomic mass is 10.1. The molecule has 0 aliphatic rings. The predicted molar refractivity (Wildman–Crippen MR) is 100 cm³/mol. The second kappa shape index (κ2) is 6.70. The largest absolute Gasteiger partial charge is 0.416 e. The maximum atomic E-state index is 12.7. The normalized spacial score (nSPS) is 11.7. The number of halogens is 4. The molecule has 2 aromatic carbocycles. The van der Waals surface area contributed by atoms with Gasteiger partial charge < -0.3 is 5.73 Å². The summed E-state index contributed by atoms with van der Waals surface area (Å²) in [5, 5.41) is 4.52. The molecule has 0 saturated carbocycles. The number of nitrogens with two attached hydrogens (primary N) is 1. The Morgan fingerprint density at radius 3 is 2.40 bits per heavy atom. The van der Waals surface area contributed by atoms with Crippen molar-refractivity contribution in [3.8, 4) is 11.3 Å². The maximum absolute atomic E-state index is 12.7. The van der Waals surface area contributed by atoms with Gasteiger partial charge in [-0.1, -0.05) is 24.3 Å². The summed E-state index contributed by atoms with van der Waals surface area (Å²) in [5.74, 6) is 0. The summed E-state index contributed by atoms with van der Waals surface area (Å²) in [4.78, 5) is 0. The van der Waals surface area contributed by atoms with Crippen LogP contribution >= 0.6 is 22.6 Å². The summed E-state index contributed by atoms with van der Waals surface area (Å²) in [5.41, 5.74) is 9.29. The molecular formula is C18H15F3IN3. The smallest absolute Gasteiger partial charge is 0.399 e. The van der Waals surface area contributed by atoms with Crippen LogP contribution < -0.4 is 5.73 Å². The molecule has 0 unspecified atom stereocenters. The van der Waals surface area contributed by atoms with Crippen LogP contribution in [0.5, 0.6) is 0 Å². The molecule has 0 aliphatic carbocycles. The van der Waals surface area contributed by atoms with E-state index in [4.69, 9.17) is 5.73 Å². The summed E-state index contributed by atoms with van der Waals surface area (Å²) < 4.78 is 40.7. The third-order valence-corrected chi connectivity index (χ3v) is 4.67. The Morgan fingerprint density at radius 1 is 1.12 bits per heavy atom. The minimum atomic E-state index is -4.34. The summed E-state index contributed by atoms with van der Waals surface area (Å²) in [7, 11) is 0. The topological polar surface area (TPSA) is 43.8 Å². The molecule has 0 saturated heterocycles. The van der Waals surface area contributed by atoms with E-state index in [2.05, 4.69) is 27.7 Å². The summed E-state index contributed by atoms with van der Waals surface area (Å²) in [6.07, 6.45) is -2.46. The molecule has 0 amide bonds. The summed E-state index contributed by atoms with van der Waals surface area (Å²) in [6.45, 7) is 2.51. The third-order valence-electron chi connectivity index (χ3n) is 3.88. The molecule has 25 heavy (non-hydrogen) atoms. The average Bonchev–Trinajstić information content (AvgIpc) is 2.91. The van der Waals surface area contributed by atoms with Crippen molar-refractivity contribution in [3.63, 3.8) is 0 Å². The van der Waals surface area contributed by atoms with Crippen LogP contribution in [0.2, 0.25) is 0 Å². The van der Waals surface area contributed by atoms with Crippen molar-refractivity contribution in [2.24, 2.45) is 0 Å². The van der Waals surface area contributed by atoms with Gasteiger partial charge in [-0.25, -0.2) is 0 Å². The fourth-order valence-corrected chi connectivity index (χ4v) is 3.25. The number of benzene rings is 2. The Labute approximate surface area is 156 Å². The molecular weight excluding hydrogens is 442 g/mol. The van der Waals surface area contributed by atoms with Crippen molar-refractivity contribution < 1.29 is 13.2 Å². The van der Waals surface area contributed by atoms with E-state index in [0.29, 0.717) is 17.8 Å². The number of hydrogen-bond acceptors (Lipinski definition) is 2. The standard InChI is InChI=1S/C18H15F3IN3/c1-11-8-12(2-7-16(11)23)9-25-10-15(22)17(24-25)13-3-5-14(6-4-13)18(19,20)21/h2-8,10H,9,23H2,1H3. The lowest BCUT2D eigenvalue weighted by Crippen LogP contribution is -2.04. The van der Waals surface area contributed by atoms with E-state index in [1.807, 2.05) is 31.3 Å². The molecule has 130 valence electrons. The number of nitrogens with zero attached hydrogens (tertiary/aromatic N) is 2. The molecule has 1 aromatic heterocycles. The number of aromatic nitrogens is 2. The molecule has 0 aliphatic heterocycles. The monoisotopic (exact) mass is 457 g/mol. The number of hydrogen-bond donors (Lipinski definition) is 1. The van der Waals surface area contributed by atoms with E-state index >= 15 is 0 Å². The van der Waals surface area contributed by atoms with Crippen LogP contribution in [0.4, 0.5) is 18.9 Å². The number of rotatable bonds is 3. The number of alkyl halides is 3. The second-order valence-corrected chi connectivity index (χ2v) is 6.95. The van der Waals surface area contributed by atoms with E-state index in [0.717, 1.165) is 32.5 Å². The highest BCUT2D eigenvalue weighted by Gasteiger charge is 2.30. The quantitative estimate of drug-likeness (QED) is 0.439. The van der Waals surface area contributed by atoms with Gasteiger partial charge in [-0.05, 0) is 58.8 Å². The van der Waals surface area contributed by atoms with Crippen molar-refractivity contribution in [3.05, 3.63) is 68.9 Å². The maximum Gasteiger partial charge on any atom is 0.416 e. The SMILES string of the molecule is Cc1cc(Cn2cc(I)c(-c3ccc(C(F)(F)F)cc3)n2)ccc1N. The first-order valence-electron chi connectivity index (χ1n) is 7.49. The van der Waals surface area contributed by atoms with Crippen LogP contribution in [0.3, 0.4) is 0 Å². The number of anilines is 1. The zero-order valence-corrected chi connectivity index (χ0v) is 15.5. The van der Waals surface area contributed by atoms with Gasteiger partial charge in [0.1, 0.15) is 5.69 Å². The summed E-state index contributed by atoms with van der Waals surface area (Å²) in [6, 6.07) is 10.9. The first-order chi connectivity index (χ1) is 11.7. The molecule has 7 heteroatoms. The minimum absolute atomic E-state index is 0.567. The highest BCUT2D eigenvalue weighted by atomic mass is 127. The molecule has 3 rings (SSSR count). The van der Waals surface area contributed by atoms with Crippen LogP contribution in [0.1, 0.15) is 16.7 Å². The molecule has 3 nitrogen and oxygen atoms in total. The van der Waals surface area contributed by atoms with Gasteiger partial charge in [-0.3, -0.25) is 4.68 Å². The molecule has 1 heterocycles. The van der Waals surface area contributed by atoms with Gasteiger partial charge in [0, 0.05) is 17.4 Å². The van der Waals surface area contributed by atoms with Crippen molar-refractivity contribution in [1.29, 1.82) is 0 Å². The number of nitrogen functional groups attached to an aromatic ring is 1. The van der Waals surface area contributed by atoms with Gasteiger partial charge in [0.15, 0.2) is 0 Å². The molecule has 0 fully saturated rings. The lowest BCUT2D eigenvalue weighted by Gasteiger charge is -2.07. The van der Waals surface area contributed by atoms with Crippen molar-refractivity contribution in [1.82, 2.24) is 9.78 Å². The Bertz CT molecular complexity index is 899. The zero-order valence-electron chi connectivity index (χ0n) is 13.3. The third kappa shape index (κ3) is 3.97. The Hall–Kier alpha value is -2.03. The predicted octanol–water partition coefficient (Wildman–Crippen LogP) is 5.11. The van der Waals surface area contributed by atoms with Gasteiger partial charge >= 0.3 is 6.18 Å². The van der Waals surface area contributed by atoms with Gasteiger partial charge in [-0.15, -0.1) is 0 Å². The van der Waals surface area contributed by atoms with Gasteiger partial charge in [-0.2, -0.15) is 18.3 Å². The Morgan fingerprint density at radius 2 is 1.80 bits per heavy atom. The Kier molecular flexibility index (Phi) is 4.77.